The Morgan fingerprint density at radius 1 is 1.00 bits per heavy atom. The summed E-state index contributed by atoms with van der Waals surface area (Å²) in [6, 6.07) is 14.4. The van der Waals surface area contributed by atoms with Crippen LogP contribution in [0.2, 0.25) is 0 Å². The van der Waals surface area contributed by atoms with Gasteiger partial charge in [0, 0.05) is 6.42 Å². The zero-order valence-corrected chi connectivity index (χ0v) is 10.6. The molecule has 0 spiro atoms. The molecule has 2 aromatic rings. The van der Waals surface area contributed by atoms with Gasteiger partial charge in [-0.05, 0) is 29.2 Å². The Morgan fingerprint density at radius 2 is 1.74 bits per heavy atom. The first kappa shape index (κ1) is 13.3. The highest BCUT2D eigenvalue weighted by Gasteiger charge is 2.07. The Balaban J connectivity index is 1.91. The summed E-state index contributed by atoms with van der Waals surface area (Å²) < 4.78 is 0. The molecule has 0 radical (unpaired) electrons. The summed E-state index contributed by atoms with van der Waals surface area (Å²) >= 11 is 0. The van der Waals surface area contributed by atoms with Gasteiger partial charge in [-0.3, -0.25) is 9.59 Å². The van der Waals surface area contributed by atoms with Gasteiger partial charge in [0.15, 0.2) is 0 Å². The molecule has 3 heteroatoms. The summed E-state index contributed by atoms with van der Waals surface area (Å²) in [7, 11) is 0. The maximum atomic E-state index is 11.3. The van der Waals surface area contributed by atoms with Crippen LogP contribution >= 0.6 is 0 Å². The van der Waals surface area contributed by atoms with Gasteiger partial charge < -0.3 is 5.11 Å². The van der Waals surface area contributed by atoms with E-state index in [1.807, 2.05) is 12.1 Å². The normalized spacial score (nSPS) is 10.5. The van der Waals surface area contributed by atoms with E-state index in [-0.39, 0.29) is 12.2 Å². The van der Waals surface area contributed by atoms with E-state index in [9.17, 15) is 9.59 Å². The summed E-state index contributed by atoms with van der Waals surface area (Å²) in [6.45, 7) is 0. The third kappa shape index (κ3) is 3.91. The molecule has 0 aliphatic carbocycles. The van der Waals surface area contributed by atoms with E-state index >= 15 is 0 Å². The van der Waals surface area contributed by atoms with Crippen LogP contribution in [0.5, 0.6) is 0 Å². The second-order valence-corrected chi connectivity index (χ2v) is 4.64. The van der Waals surface area contributed by atoms with Crippen LogP contribution < -0.4 is 0 Å². The van der Waals surface area contributed by atoms with Crippen LogP contribution in [-0.2, 0) is 16.0 Å². The summed E-state index contributed by atoms with van der Waals surface area (Å²) in [5.74, 6) is -1.25. The number of benzene rings is 2. The van der Waals surface area contributed by atoms with Crippen LogP contribution in [0.3, 0.4) is 0 Å². The van der Waals surface area contributed by atoms with Gasteiger partial charge in [-0.25, -0.2) is 0 Å². The van der Waals surface area contributed by atoms with Gasteiger partial charge in [-0.2, -0.15) is 0 Å². The smallest absolute Gasteiger partial charge is 0.310 e. The molecule has 0 aliphatic heterocycles. The average Bonchev–Trinajstić information content (AvgIpc) is 2.37. The number of aliphatic carboxylic acids is 1. The zero-order valence-electron chi connectivity index (χ0n) is 10.6. The lowest BCUT2D eigenvalue weighted by Gasteiger charge is -2.03. The van der Waals surface area contributed by atoms with Gasteiger partial charge >= 0.3 is 5.97 Å². The van der Waals surface area contributed by atoms with E-state index in [0.717, 1.165) is 6.42 Å². The van der Waals surface area contributed by atoms with Crippen LogP contribution in [0.1, 0.15) is 24.8 Å². The van der Waals surface area contributed by atoms with Gasteiger partial charge in [0.1, 0.15) is 12.2 Å². The van der Waals surface area contributed by atoms with Crippen LogP contribution in [0.15, 0.2) is 42.5 Å². The second kappa shape index (κ2) is 6.14. The highest BCUT2D eigenvalue weighted by Crippen LogP contribution is 2.17. The van der Waals surface area contributed by atoms with Gasteiger partial charge in [0.25, 0.3) is 0 Å². The highest BCUT2D eigenvalue weighted by molar-refractivity contribution is 5.94. The molecule has 0 saturated carbocycles. The van der Waals surface area contributed by atoms with Crippen molar-refractivity contribution < 1.29 is 14.7 Å². The number of aryl methyl sites for hydroxylation is 1. The van der Waals surface area contributed by atoms with E-state index in [0.29, 0.717) is 12.8 Å². The van der Waals surface area contributed by atoms with Crippen molar-refractivity contribution in [2.45, 2.75) is 25.7 Å². The van der Waals surface area contributed by atoms with Crippen LogP contribution in [-0.4, -0.2) is 16.9 Å². The van der Waals surface area contributed by atoms with Crippen molar-refractivity contribution in [3.63, 3.8) is 0 Å². The molecule has 19 heavy (non-hydrogen) atoms. The van der Waals surface area contributed by atoms with E-state index in [1.165, 1.54) is 16.3 Å². The monoisotopic (exact) mass is 256 g/mol. The predicted molar refractivity (Wildman–Crippen MR) is 74.1 cm³/mol. The number of Topliss-reactive ketones (excluding diaryl/α,β-unsaturated/α-hetero) is 1. The van der Waals surface area contributed by atoms with Crippen LogP contribution in [0.4, 0.5) is 0 Å². The maximum Gasteiger partial charge on any atom is 0.310 e. The molecule has 1 N–H and O–H groups in total. The lowest BCUT2D eigenvalue weighted by Crippen LogP contribution is -2.06. The molecule has 0 atom stereocenters. The second-order valence-electron chi connectivity index (χ2n) is 4.64. The molecular formula is C16H16O3. The molecule has 0 heterocycles. The fourth-order valence-electron chi connectivity index (χ4n) is 2.14. The number of carbonyl (C=O) groups is 2. The molecule has 3 nitrogen and oxygen atoms in total. The number of hydrogen-bond donors (Lipinski definition) is 1. The highest BCUT2D eigenvalue weighted by atomic mass is 16.4. The third-order valence-corrected chi connectivity index (χ3v) is 3.08. The van der Waals surface area contributed by atoms with Crippen molar-refractivity contribution in [2.75, 3.05) is 0 Å². The first-order chi connectivity index (χ1) is 9.15. The average molecular weight is 256 g/mol. The fraction of sp³-hybridized carbons (Fsp3) is 0.250. The minimum absolute atomic E-state index is 0.201. The molecule has 0 aromatic heterocycles. The summed E-state index contributed by atoms with van der Waals surface area (Å²) in [4.78, 5) is 21.6. The molecule has 0 amide bonds. The van der Waals surface area contributed by atoms with Gasteiger partial charge in [0.05, 0.1) is 0 Å². The first-order valence-corrected chi connectivity index (χ1v) is 6.36. The van der Waals surface area contributed by atoms with E-state index in [1.54, 1.807) is 0 Å². The quantitative estimate of drug-likeness (QED) is 0.807. The van der Waals surface area contributed by atoms with Crippen molar-refractivity contribution in [3.05, 3.63) is 48.0 Å². The molecule has 2 rings (SSSR count). The summed E-state index contributed by atoms with van der Waals surface area (Å²) in [5, 5.41) is 10.9. The Hall–Kier alpha value is -2.16. The molecule has 0 bridgehead atoms. The number of hydrogen-bond acceptors (Lipinski definition) is 2. The van der Waals surface area contributed by atoms with Crippen molar-refractivity contribution in [3.8, 4) is 0 Å². The summed E-state index contributed by atoms with van der Waals surface area (Å²) in [5.41, 5.74) is 1.18. The largest absolute Gasteiger partial charge is 0.481 e. The number of rotatable bonds is 6. The van der Waals surface area contributed by atoms with E-state index in [4.69, 9.17) is 5.11 Å². The molecule has 0 saturated heterocycles. The SMILES string of the molecule is O=C(O)CC(=O)CCCc1ccc2ccccc2c1. The predicted octanol–water partition coefficient (Wildman–Crippen LogP) is 3.21. The Morgan fingerprint density at radius 3 is 2.47 bits per heavy atom. The minimum atomic E-state index is -1.05. The standard InChI is InChI=1S/C16H16O3/c17-15(11-16(18)19)7-3-4-12-8-9-13-5-1-2-6-14(13)10-12/h1-2,5-6,8-10H,3-4,7,11H2,(H,18,19). The van der Waals surface area contributed by atoms with Crippen LogP contribution in [0.25, 0.3) is 10.8 Å². The van der Waals surface area contributed by atoms with Crippen molar-refractivity contribution in [1.82, 2.24) is 0 Å². The molecular weight excluding hydrogens is 240 g/mol. The van der Waals surface area contributed by atoms with Crippen LogP contribution in [0, 0.1) is 0 Å². The number of carbonyl (C=O) groups excluding carboxylic acids is 1. The lowest BCUT2D eigenvalue weighted by atomic mass is 10.0. The van der Waals surface area contributed by atoms with Gasteiger partial charge in [-0.1, -0.05) is 42.5 Å². The number of fused-ring (bicyclic) bond motifs is 1. The van der Waals surface area contributed by atoms with Gasteiger partial charge in [0.2, 0.25) is 0 Å². The first-order valence-electron chi connectivity index (χ1n) is 6.36. The lowest BCUT2D eigenvalue weighted by molar-refractivity contribution is -0.140. The van der Waals surface area contributed by atoms with Crippen molar-refractivity contribution in [2.24, 2.45) is 0 Å². The number of carboxylic acids is 1. The molecule has 2 aromatic carbocycles. The van der Waals surface area contributed by atoms with Crippen molar-refractivity contribution in [1.29, 1.82) is 0 Å². The number of carboxylic acid groups (broad SMARTS) is 1. The maximum absolute atomic E-state index is 11.3. The molecule has 0 fully saturated rings. The molecule has 0 aliphatic rings. The third-order valence-electron chi connectivity index (χ3n) is 3.08. The van der Waals surface area contributed by atoms with E-state index in [2.05, 4.69) is 30.3 Å². The Labute approximate surface area is 111 Å². The Kier molecular flexibility index (Phi) is 4.29. The zero-order chi connectivity index (χ0) is 13.7. The van der Waals surface area contributed by atoms with Gasteiger partial charge in [-0.15, -0.1) is 0 Å². The van der Waals surface area contributed by atoms with Crippen molar-refractivity contribution >= 4 is 22.5 Å². The Bertz CT molecular complexity index is 602. The summed E-state index contributed by atoms with van der Waals surface area (Å²) in [6.07, 6.45) is 1.47. The fourth-order valence-corrected chi connectivity index (χ4v) is 2.14. The molecule has 0 unspecified atom stereocenters. The molecule has 98 valence electrons. The number of ketones is 1. The topological polar surface area (TPSA) is 54.4 Å². The minimum Gasteiger partial charge on any atom is -0.481 e. The van der Waals surface area contributed by atoms with E-state index < -0.39 is 5.97 Å².